The van der Waals surface area contributed by atoms with Gasteiger partial charge >= 0.3 is 0 Å². The third-order valence-electron chi connectivity index (χ3n) is 4.56. The molecule has 2 aromatic carbocycles. The van der Waals surface area contributed by atoms with Crippen molar-refractivity contribution in [3.63, 3.8) is 0 Å². The van der Waals surface area contributed by atoms with Crippen molar-refractivity contribution >= 4 is 11.0 Å². The first kappa shape index (κ1) is 17.5. The van der Waals surface area contributed by atoms with Gasteiger partial charge in [0.2, 0.25) is 0 Å². The van der Waals surface area contributed by atoms with Gasteiger partial charge in [-0.2, -0.15) is 0 Å². The molecule has 132 valence electrons. The van der Waals surface area contributed by atoms with Crippen molar-refractivity contribution in [2.45, 2.75) is 40.0 Å². The molecule has 0 bridgehead atoms. The normalized spacial score (nSPS) is 12.5. The second-order valence-corrected chi connectivity index (χ2v) is 6.40. The fourth-order valence-electron chi connectivity index (χ4n) is 3.04. The molecule has 5 nitrogen and oxygen atoms in total. The summed E-state index contributed by atoms with van der Waals surface area (Å²) < 4.78 is 7.74. The Labute approximate surface area is 147 Å². The monoisotopic (exact) mass is 340 g/mol. The van der Waals surface area contributed by atoms with E-state index in [1.54, 1.807) is 0 Å². The molecule has 2 N–H and O–H groups in total. The number of benzene rings is 2. The lowest BCUT2D eigenvalue weighted by Crippen LogP contribution is -2.25. The molecule has 1 atom stereocenters. The van der Waals surface area contributed by atoms with Crippen LogP contribution in [0.5, 0.6) is 5.75 Å². The minimum absolute atomic E-state index is 0.168. The predicted molar refractivity (Wildman–Crippen MR) is 97.8 cm³/mol. The topological polar surface area (TPSA) is 67.5 Å². The van der Waals surface area contributed by atoms with Crippen LogP contribution in [0.15, 0.2) is 36.4 Å². The van der Waals surface area contributed by atoms with Crippen molar-refractivity contribution < 1.29 is 14.9 Å². The summed E-state index contributed by atoms with van der Waals surface area (Å²) in [6, 6.07) is 11.8. The molecule has 0 aliphatic rings. The van der Waals surface area contributed by atoms with Crippen molar-refractivity contribution in [3.05, 3.63) is 58.9 Å². The van der Waals surface area contributed by atoms with E-state index < -0.39 is 6.10 Å². The Bertz CT molecular complexity index is 886. The van der Waals surface area contributed by atoms with E-state index in [1.165, 1.54) is 5.56 Å². The summed E-state index contributed by atoms with van der Waals surface area (Å²) in [5.41, 5.74) is 5.02. The van der Waals surface area contributed by atoms with E-state index in [0.717, 1.165) is 27.9 Å². The zero-order valence-corrected chi connectivity index (χ0v) is 14.9. The van der Waals surface area contributed by atoms with Crippen LogP contribution in [0.1, 0.15) is 22.5 Å². The first-order chi connectivity index (χ1) is 12.0. The number of rotatable bonds is 6. The van der Waals surface area contributed by atoms with Gasteiger partial charge in [0.1, 0.15) is 30.9 Å². The largest absolute Gasteiger partial charge is 0.490 e. The quantitative estimate of drug-likeness (QED) is 0.724. The molecule has 25 heavy (non-hydrogen) atoms. The van der Waals surface area contributed by atoms with Crippen molar-refractivity contribution in [2.24, 2.45) is 0 Å². The number of aryl methyl sites for hydroxylation is 2. The zero-order chi connectivity index (χ0) is 18.0. The van der Waals surface area contributed by atoms with Crippen molar-refractivity contribution in [2.75, 3.05) is 6.61 Å². The number of ether oxygens (including phenoxy) is 1. The number of hydrogen-bond donors (Lipinski definition) is 2. The lowest BCUT2D eigenvalue weighted by atomic mass is 10.1. The molecular weight excluding hydrogens is 316 g/mol. The number of nitrogens with zero attached hydrogens (tertiary/aromatic N) is 2. The second-order valence-electron chi connectivity index (χ2n) is 6.40. The highest BCUT2D eigenvalue weighted by molar-refractivity contribution is 5.75. The maximum Gasteiger partial charge on any atom is 0.135 e. The van der Waals surface area contributed by atoms with Gasteiger partial charge in [-0.3, -0.25) is 0 Å². The fraction of sp³-hybridized carbons (Fsp3) is 0.350. The number of fused-ring (bicyclic) bond motifs is 1. The molecule has 0 spiro atoms. The van der Waals surface area contributed by atoms with Crippen LogP contribution in [0.3, 0.4) is 0 Å². The molecule has 0 saturated carbocycles. The predicted octanol–water partition coefficient (Wildman–Crippen LogP) is 2.89. The summed E-state index contributed by atoms with van der Waals surface area (Å²) in [6.45, 7) is 6.41. The fourth-order valence-corrected chi connectivity index (χ4v) is 3.04. The molecular formula is C20H24N2O3. The average Bonchev–Trinajstić information content (AvgIpc) is 2.96. The Hall–Kier alpha value is -2.37. The van der Waals surface area contributed by atoms with E-state index in [0.29, 0.717) is 12.4 Å². The van der Waals surface area contributed by atoms with Gasteiger partial charge in [-0.1, -0.05) is 24.3 Å². The van der Waals surface area contributed by atoms with E-state index in [2.05, 4.69) is 11.1 Å². The average molecular weight is 340 g/mol. The summed E-state index contributed by atoms with van der Waals surface area (Å²) in [5.74, 6) is 1.38. The Kier molecular flexibility index (Phi) is 5.06. The van der Waals surface area contributed by atoms with Gasteiger partial charge in [-0.15, -0.1) is 0 Å². The Morgan fingerprint density at radius 1 is 1.08 bits per heavy atom. The molecule has 5 heteroatoms. The zero-order valence-electron chi connectivity index (χ0n) is 14.9. The SMILES string of the molecule is Cc1ccc(C)c(OC[C@@H](O)Cn2c(CO)nc3ccccc32)c1C. The van der Waals surface area contributed by atoms with E-state index >= 15 is 0 Å². The third-order valence-corrected chi connectivity index (χ3v) is 4.56. The van der Waals surface area contributed by atoms with Crippen LogP contribution in [-0.2, 0) is 13.2 Å². The van der Waals surface area contributed by atoms with Gasteiger partial charge in [0, 0.05) is 0 Å². The molecule has 0 saturated heterocycles. The Morgan fingerprint density at radius 3 is 2.56 bits per heavy atom. The van der Waals surface area contributed by atoms with E-state index in [4.69, 9.17) is 4.74 Å². The standard InChI is InChI=1S/C20H24N2O3/c1-13-8-9-14(2)20(15(13)3)25-12-16(24)10-22-18-7-5-4-6-17(18)21-19(22)11-23/h4-9,16,23-24H,10-12H2,1-3H3/t16-/m0/s1. The Balaban J connectivity index is 1.76. The summed E-state index contributed by atoms with van der Waals surface area (Å²) in [7, 11) is 0. The number of aliphatic hydroxyl groups excluding tert-OH is 2. The third kappa shape index (κ3) is 3.52. The lowest BCUT2D eigenvalue weighted by Gasteiger charge is -2.18. The molecule has 1 heterocycles. The van der Waals surface area contributed by atoms with Crippen molar-refractivity contribution in [1.29, 1.82) is 0 Å². The van der Waals surface area contributed by atoms with Crippen LogP contribution in [-0.4, -0.2) is 32.5 Å². The lowest BCUT2D eigenvalue weighted by molar-refractivity contribution is 0.0908. The van der Waals surface area contributed by atoms with E-state index in [1.807, 2.05) is 55.7 Å². The molecule has 0 radical (unpaired) electrons. The minimum atomic E-state index is -0.706. The first-order valence-corrected chi connectivity index (χ1v) is 8.44. The maximum atomic E-state index is 10.5. The highest BCUT2D eigenvalue weighted by atomic mass is 16.5. The van der Waals surface area contributed by atoms with Gasteiger partial charge in [0.05, 0.1) is 17.6 Å². The number of aromatic nitrogens is 2. The molecule has 0 fully saturated rings. The Morgan fingerprint density at radius 2 is 1.80 bits per heavy atom. The van der Waals surface area contributed by atoms with Crippen molar-refractivity contribution in [1.82, 2.24) is 9.55 Å². The molecule has 3 rings (SSSR count). The van der Waals surface area contributed by atoms with E-state index in [9.17, 15) is 10.2 Å². The summed E-state index contributed by atoms with van der Waals surface area (Å²) in [4.78, 5) is 4.40. The van der Waals surface area contributed by atoms with Crippen molar-refractivity contribution in [3.8, 4) is 5.75 Å². The second kappa shape index (κ2) is 7.25. The van der Waals surface area contributed by atoms with Gasteiger partial charge in [0.15, 0.2) is 0 Å². The molecule has 0 amide bonds. The number of aliphatic hydroxyl groups is 2. The number of imidazole rings is 1. The van der Waals surface area contributed by atoms with Gasteiger partial charge in [0.25, 0.3) is 0 Å². The summed E-state index contributed by atoms with van der Waals surface area (Å²) in [5, 5.41) is 20.0. The molecule has 0 aliphatic heterocycles. The van der Waals surface area contributed by atoms with Gasteiger partial charge < -0.3 is 19.5 Å². The molecule has 0 unspecified atom stereocenters. The van der Waals surface area contributed by atoms with Crippen LogP contribution in [0.2, 0.25) is 0 Å². The van der Waals surface area contributed by atoms with Gasteiger partial charge in [-0.25, -0.2) is 4.98 Å². The molecule has 0 aliphatic carbocycles. The smallest absolute Gasteiger partial charge is 0.135 e. The first-order valence-electron chi connectivity index (χ1n) is 8.44. The number of para-hydroxylation sites is 2. The summed E-state index contributed by atoms with van der Waals surface area (Å²) in [6.07, 6.45) is -0.706. The van der Waals surface area contributed by atoms with Crippen LogP contribution in [0.4, 0.5) is 0 Å². The number of hydrogen-bond acceptors (Lipinski definition) is 4. The highest BCUT2D eigenvalue weighted by Gasteiger charge is 2.15. The van der Waals surface area contributed by atoms with Crippen LogP contribution in [0.25, 0.3) is 11.0 Å². The van der Waals surface area contributed by atoms with E-state index in [-0.39, 0.29) is 13.2 Å². The minimum Gasteiger partial charge on any atom is -0.490 e. The van der Waals surface area contributed by atoms with Gasteiger partial charge in [-0.05, 0) is 49.6 Å². The highest BCUT2D eigenvalue weighted by Crippen LogP contribution is 2.26. The maximum absolute atomic E-state index is 10.5. The van der Waals surface area contributed by atoms with Crippen LogP contribution < -0.4 is 4.74 Å². The molecule has 3 aromatic rings. The molecule has 1 aromatic heterocycles. The van der Waals surface area contributed by atoms with Crippen LogP contribution in [0, 0.1) is 20.8 Å². The summed E-state index contributed by atoms with van der Waals surface area (Å²) >= 11 is 0. The van der Waals surface area contributed by atoms with Crippen LogP contribution >= 0.6 is 0 Å².